The number of aliphatic hydroxyl groups is 1. The monoisotopic (exact) mass is 246 g/mol. The molecule has 1 nitrogen and oxygen atoms in total. The molecule has 1 saturated carbocycles. The van der Waals surface area contributed by atoms with Gasteiger partial charge in [-0.3, -0.25) is 0 Å². The first-order valence-electron chi connectivity index (χ1n) is 7.18. The van der Waals surface area contributed by atoms with Gasteiger partial charge in [-0.2, -0.15) is 0 Å². The van der Waals surface area contributed by atoms with E-state index in [2.05, 4.69) is 44.2 Å². The van der Waals surface area contributed by atoms with Crippen molar-refractivity contribution in [3.05, 3.63) is 35.9 Å². The van der Waals surface area contributed by atoms with Gasteiger partial charge in [-0.1, -0.05) is 50.6 Å². The van der Waals surface area contributed by atoms with Gasteiger partial charge in [0.25, 0.3) is 0 Å². The summed E-state index contributed by atoms with van der Waals surface area (Å²) in [5.74, 6) is 0.402. The number of hydrogen-bond donors (Lipinski definition) is 1. The van der Waals surface area contributed by atoms with E-state index in [0.717, 1.165) is 25.7 Å². The third-order valence-electron chi connectivity index (χ3n) is 4.76. The lowest BCUT2D eigenvalue weighted by Crippen LogP contribution is -2.47. The Morgan fingerprint density at radius 1 is 1.11 bits per heavy atom. The van der Waals surface area contributed by atoms with Crippen LogP contribution in [0, 0.1) is 11.3 Å². The number of hydrogen-bond acceptors (Lipinski definition) is 1. The topological polar surface area (TPSA) is 20.2 Å². The summed E-state index contributed by atoms with van der Waals surface area (Å²) in [6, 6.07) is 10.6. The van der Waals surface area contributed by atoms with Crippen LogP contribution in [0.25, 0.3) is 0 Å². The molecule has 2 rings (SSSR count). The summed E-state index contributed by atoms with van der Waals surface area (Å²) < 4.78 is 0. The van der Waals surface area contributed by atoms with Crippen molar-refractivity contribution >= 4 is 0 Å². The second kappa shape index (κ2) is 5.05. The Bertz CT molecular complexity index is 362. The molecule has 2 atom stereocenters. The third-order valence-corrected chi connectivity index (χ3v) is 4.76. The molecular weight excluding hydrogens is 220 g/mol. The van der Waals surface area contributed by atoms with Crippen LogP contribution in [0.15, 0.2) is 30.3 Å². The van der Waals surface area contributed by atoms with Crippen LogP contribution in [0.2, 0.25) is 0 Å². The molecule has 0 bridgehead atoms. The van der Waals surface area contributed by atoms with E-state index in [0.29, 0.717) is 5.92 Å². The zero-order valence-electron chi connectivity index (χ0n) is 11.9. The summed E-state index contributed by atoms with van der Waals surface area (Å²) in [6.07, 6.45) is 5.51. The summed E-state index contributed by atoms with van der Waals surface area (Å²) in [5, 5.41) is 10.6. The Hall–Kier alpha value is -0.820. The van der Waals surface area contributed by atoms with Gasteiger partial charge in [0.05, 0.1) is 5.60 Å². The van der Waals surface area contributed by atoms with Gasteiger partial charge >= 0.3 is 0 Å². The Kier molecular flexibility index (Phi) is 3.82. The maximum Gasteiger partial charge on any atom is 0.0653 e. The molecule has 100 valence electrons. The van der Waals surface area contributed by atoms with Gasteiger partial charge in [0.2, 0.25) is 0 Å². The van der Waals surface area contributed by atoms with Gasteiger partial charge in [-0.05, 0) is 49.5 Å². The normalized spacial score (nSPS) is 31.2. The van der Waals surface area contributed by atoms with E-state index in [-0.39, 0.29) is 5.41 Å². The molecule has 18 heavy (non-hydrogen) atoms. The molecule has 1 N–H and O–H groups in total. The quantitative estimate of drug-likeness (QED) is 0.847. The van der Waals surface area contributed by atoms with E-state index in [4.69, 9.17) is 0 Å². The molecule has 0 aromatic heterocycles. The highest BCUT2D eigenvalue weighted by Gasteiger charge is 2.44. The molecule has 0 amide bonds. The smallest absolute Gasteiger partial charge is 0.0653 e. The Balaban J connectivity index is 2.05. The molecule has 0 saturated heterocycles. The van der Waals surface area contributed by atoms with Gasteiger partial charge in [-0.15, -0.1) is 0 Å². The van der Waals surface area contributed by atoms with Gasteiger partial charge in [0.1, 0.15) is 0 Å². The first kappa shape index (κ1) is 13.6. The molecule has 2 unspecified atom stereocenters. The van der Waals surface area contributed by atoms with E-state index in [1.165, 1.54) is 12.0 Å². The fraction of sp³-hybridized carbons (Fsp3) is 0.647. The maximum absolute atomic E-state index is 10.6. The van der Waals surface area contributed by atoms with Crippen LogP contribution in [0.5, 0.6) is 0 Å². The first-order valence-corrected chi connectivity index (χ1v) is 7.18. The van der Waals surface area contributed by atoms with Crippen LogP contribution in [-0.2, 0) is 6.42 Å². The van der Waals surface area contributed by atoms with Crippen molar-refractivity contribution in [2.45, 2.75) is 58.5 Å². The molecule has 1 heteroatoms. The summed E-state index contributed by atoms with van der Waals surface area (Å²) >= 11 is 0. The fourth-order valence-electron chi connectivity index (χ4n) is 3.75. The standard InChI is InChI=1S/C17H26O/c1-16(2)12-7-13-17(3,18)15(16)11-10-14-8-5-4-6-9-14/h4-6,8-9,15,18H,7,10-13H2,1-3H3. The highest BCUT2D eigenvalue weighted by atomic mass is 16.3. The zero-order chi connectivity index (χ0) is 13.2. The minimum absolute atomic E-state index is 0.260. The van der Waals surface area contributed by atoms with E-state index in [1.54, 1.807) is 0 Å². The molecule has 1 aliphatic carbocycles. The molecule has 0 radical (unpaired) electrons. The number of rotatable bonds is 3. The lowest BCUT2D eigenvalue weighted by Gasteiger charge is -2.48. The molecule has 0 spiro atoms. The van der Waals surface area contributed by atoms with Crippen molar-refractivity contribution in [3.63, 3.8) is 0 Å². The summed E-state index contributed by atoms with van der Waals surface area (Å²) in [7, 11) is 0. The average molecular weight is 246 g/mol. The van der Waals surface area contributed by atoms with Crippen LogP contribution in [0.4, 0.5) is 0 Å². The Morgan fingerprint density at radius 2 is 1.78 bits per heavy atom. The van der Waals surface area contributed by atoms with E-state index in [9.17, 15) is 5.11 Å². The van der Waals surface area contributed by atoms with Crippen molar-refractivity contribution in [2.75, 3.05) is 0 Å². The van der Waals surface area contributed by atoms with Crippen molar-refractivity contribution in [3.8, 4) is 0 Å². The largest absolute Gasteiger partial charge is 0.390 e. The van der Waals surface area contributed by atoms with Gasteiger partial charge < -0.3 is 5.11 Å². The van der Waals surface area contributed by atoms with E-state index < -0.39 is 5.60 Å². The fourth-order valence-corrected chi connectivity index (χ4v) is 3.75. The van der Waals surface area contributed by atoms with Crippen LogP contribution < -0.4 is 0 Å². The lowest BCUT2D eigenvalue weighted by molar-refractivity contribution is -0.0918. The summed E-state index contributed by atoms with van der Waals surface area (Å²) in [6.45, 7) is 6.66. The predicted molar refractivity (Wildman–Crippen MR) is 76.5 cm³/mol. The summed E-state index contributed by atoms with van der Waals surface area (Å²) in [4.78, 5) is 0. The maximum atomic E-state index is 10.6. The van der Waals surface area contributed by atoms with Gasteiger partial charge in [0.15, 0.2) is 0 Å². The first-order chi connectivity index (χ1) is 8.42. The molecule has 1 aromatic rings. The van der Waals surface area contributed by atoms with Crippen LogP contribution >= 0.6 is 0 Å². The summed E-state index contributed by atoms with van der Waals surface area (Å²) in [5.41, 5.74) is 1.15. The molecule has 0 aliphatic heterocycles. The molecule has 0 heterocycles. The van der Waals surface area contributed by atoms with Crippen LogP contribution in [-0.4, -0.2) is 10.7 Å². The lowest BCUT2D eigenvalue weighted by atomic mass is 9.60. The second-order valence-electron chi connectivity index (χ2n) is 6.78. The van der Waals surface area contributed by atoms with Crippen molar-refractivity contribution in [1.82, 2.24) is 0 Å². The SMILES string of the molecule is CC1(C)CCCC(C)(O)C1CCc1ccccc1. The Labute approximate surface area is 111 Å². The van der Waals surface area contributed by atoms with Crippen molar-refractivity contribution < 1.29 is 5.11 Å². The molecule has 1 aliphatic rings. The van der Waals surface area contributed by atoms with Crippen molar-refractivity contribution in [2.24, 2.45) is 11.3 Å². The highest BCUT2D eigenvalue weighted by Crippen LogP contribution is 2.48. The van der Waals surface area contributed by atoms with Crippen molar-refractivity contribution in [1.29, 1.82) is 0 Å². The van der Waals surface area contributed by atoms with E-state index in [1.807, 2.05) is 6.92 Å². The minimum Gasteiger partial charge on any atom is -0.390 e. The van der Waals surface area contributed by atoms with Gasteiger partial charge in [0, 0.05) is 0 Å². The molecular formula is C17H26O. The predicted octanol–water partition coefficient (Wildman–Crippen LogP) is 4.20. The van der Waals surface area contributed by atoms with Crippen LogP contribution in [0.1, 0.15) is 52.0 Å². The molecule has 1 aromatic carbocycles. The van der Waals surface area contributed by atoms with Crippen LogP contribution in [0.3, 0.4) is 0 Å². The van der Waals surface area contributed by atoms with Gasteiger partial charge in [-0.25, -0.2) is 0 Å². The highest BCUT2D eigenvalue weighted by molar-refractivity contribution is 5.15. The Morgan fingerprint density at radius 3 is 2.39 bits per heavy atom. The minimum atomic E-state index is -0.490. The zero-order valence-corrected chi connectivity index (χ0v) is 11.9. The number of benzene rings is 1. The second-order valence-corrected chi connectivity index (χ2v) is 6.78. The number of aryl methyl sites for hydroxylation is 1. The molecule has 1 fully saturated rings. The average Bonchev–Trinajstić information content (AvgIpc) is 2.28. The van der Waals surface area contributed by atoms with E-state index >= 15 is 0 Å². The third kappa shape index (κ3) is 2.95.